The molecule has 114 valence electrons. The first-order valence-electron chi connectivity index (χ1n) is 6.99. The summed E-state index contributed by atoms with van der Waals surface area (Å²) in [5, 5.41) is 14.8. The number of hydrogen-bond donors (Lipinski definition) is 1. The fraction of sp³-hybridized carbons (Fsp3) is 0.312. The van der Waals surface area contributed by atoms with E-state index in [0.29, 0.717) is 11.3 Å². The lowest BCUT2D eigenvalue weighted by atomic mass is 10.2. The van der Waals surface area contributed by atoms with Gasteiger partial charge >= 0.3 is 0 Å². The molecule has 0 saturated carbocycles. The lowest BCUT2D eigenvalue weighted by molar-refractivity contribution is -0.123. The van der Waals surface area contributed by atoms with Gasteiger partial charge in [-0.15, -0.1) is 11.3 Å². The van der Waals surface area contributed by atoms with Gasteiger partial charge in [-0.05, 0) is 25.5 Å². The Labute approximate surface area is 133 Å². The molecule has 5 nitrogen and oxygen atoms in total. The Morgan fingerprint density at radius 1 is 1.50 bits per heavy atom. The number of aromatic nitrogens is 1. The van der Waals surface area contributed by atoms with Crippen molar-refractivity contribution in [1.29, 1.82) is 5.26 Å². The van der Waals surface area contributed by atoms with Crippen molar-refractivity contribution in [2.24, 2.45) is 0 Å². The molecule has 6 heteroatoms. The van der Waals surface area contributed by atoms with Gasteiger partial charge in [0.1, 0.15) is 11.8 Å². The second-order valence-corrected chi connectivity index (χ2v) is 5.65. The van der Waals surface area contributed by atoms with Gasteiger partial charge in [-0.25, -0.2) is 4.98 Å². The third-order valence-electron chi connectivity index (χ3n) is 3.06. The summed E-state index contributed by atoms with van der Waals surface area (Å²) in [6.07, 6.45) is 0.888. The Kier molecular flexibility index (Phi) is 5.50. The minimum Gasteiger partial charge on any atom is -0.482 e. The van der Waals surface area contributed by atoms with Crippen molar-refractivity contribution >= 4 is 17.2 Å². The van der Waals surface area contributed by atoms with Crippen LogP contribution in [0.2, 0.25) is 0 Å². The molecule has 0 aliphatic rings. The van der Waals surface area contributed by atoms with Crippen molar-refractivity contribution in [3.63, 3.8) is 0 Å². The Balaban J connectivity index is 1.89. The third kappa shape index (κ3) is 4.06. The molecule has 0 radical (unpaired) electrons. The number of carbonyl (C=O) groups is 1. The molecule has 0 saturated heterocycles. The molecule has 1 atom stereocenters. The summed E-state index contributed by atoms with van der Waals surface area (Å²) in [6, 6.07) is 8.70. The molecule has 1 heterocycles. The number of carbonyl (C=O) groups excluding carboxylic acids is 1. The molecule has 0 spiro atoms. The van der Waals surface area contributed by atoms with Gasteiger partial charge in [0, 0.05) is 5.38 Å². The fourth-order valence-corrected chi connectivity index (χ4v) is 2.71. The maximum atomic E-state index is 11.9. The number of aryl methyl sites for hydroxylation is 1. The average molecular weight is 315 g/mol. The normalized spacial score (nSPS) is 11.5. The lowest BCUT2D eigenvalue weighted by Gasteiger charge is -2.12. The molecule has 1 amide bonds. The van der Waals surface area contributed by atoms with Crippen LogP contribution in [0.5, 0.6) is 5.75 Å². The van der Waals surface area contributed by atoms with E-state index < -0.39 is 0 Å². The number of para-hydroxylation sites is 1. The molecule has 0 aliphatic carbocycles. The van der Waals surface area contributed by atoms with E-state index in [0.717, 1.165) is 17.1 Å². The fourth-order valence-electron chi connectivity index (χ4n) is 1.87. The molecule has 1 N–H and O–H groups in total. The van der Waals surface area contributed by atoms with Crippen molar-refractivity contribution < 1.29 is 9.53 Å². The monoisotopic (exact) mass is 315 g/mol. The Morgan fingerprint density at radius 2 is 2.27 bits per heavy atom. The smallest absolute Gasteiger partial charge is 0.258 e. The largest absolute Gasteiger partial charge is 0.482 e. The number of hydrogen-bond acceptors (Lipinski definition) is 5. The zero-order valence-electron chi connectivity index (χ0n) is 12.5. The summed E-state index contributed by atoms with van der Waals surface area (Å²) in [5.41, 5.74) is 1.27. The highest BCUT2D eigenvalue weighted by molar-refractivity contribution is 7.09. The van der Waals surface area contributed by atoms with Crippen LogP contribution in [0, 0.1) is 11.3 Å². The molecule has 22 heavy (non-hydrogen) atoms. The summed E-state index contributed by atoms with van der Waals surface area (Å²) in [5.74, 6) is 0.168. The summed E-state index contributed by atoms with van der Waals surface area (Å²) >= 11 is 1.59. The Bertz CT molecular complexity index is 691. The van der Waals surface area contributed by atoms with E-state index in [4.69, 9.17) is 10.00 Å². The van der Waals surface area contributed by atoms with E-state index in [1.165, 1.54) is 0 Å². The van der Waals surface area contributed by atoms with E-state index in [1.54, 1.807) is 35.6 Å². The number of thiazole rings is 1. The van der Waals surface area contributed by atoms with Crippen LogP contribution in [0.15, 0.2) is 29.6 Å². The molecule has 0 aliphatic heterocycles. The molecule has 0 bridgehead atoms. The van der Waals surface area contributed by atoms with Crippen molar-refractivity contribution in [3.05, 3.63) is 45.9 Å². The van der Waals surface area contributed by atoms with Crippen molar-refractivity contribution in [2.75, 3.05) is 6.61 Å². The van der Waals surface area contributed by atoms with Crippen LogP contribution >= 0.6 is 11.3 Å². The maximum absolute atomic E-state index is 11.9. The summed E-state index contributed by atoms with van der Waals surface area (Å²) in [7, 11) is 0. The van der Waals surface area contributed by atoms with E-state index in [-0.39, 0.29) is 18.6 Å². The Morgan fingerprint density at radius 3 is 2.95 bits per heavy atom. The standard InChI is InChI=1S/C16H17N3O2S/c1-3-16-19-13(10-22-16)11(2)18-15(20)9-21-14-7-5-4-6-12(14)8-17/h4-7,10-11H,3,9H2,1-2H3,(H,18,20)/t11-/m0/s1. The number of amides is 1. The SMILES string of the molecule is CCc1nc([C@H](C)NC(=O)COc2ccccc2C#N)cs1. The van der Waals surface area contributed by atoms with Gasteiger partial charge < -0.3 is 10.1 Å². The minimum atomic E-state index is -0.244. The van der Waals surface area contributed by atoms with Gasteiger partial charge in [0.25, 0.3) is 5.91 Å². The molecule has 0 fully saturated rings. The molecule has 1 aromatic heterocycles. The second kappa shape index (κ2) is 7.57. The number of nitriles is 1. The van der Waals surface area contributed by atoms with Crippen LogP contribution in [0.3, 0.4) is 0 Å². The maximum Gasteiger partial charge on any atom is 0.258 e. The topological polar surface area (TPSA) is 75.0 Å². The van der Waals surface area contributed by atoms with E-state index in [2.05, 4.69) is 10.3 Å². The molecule has 2 rings (SSSR count). The van der Waals surface area contributed by atoms with Crippen LogP contribution in [-0.4, -0.2) is 17.5 Å². The number of benzene rings is 1. The van der Waals surface area contributed by atoms with Crippen LogP contribution in [0.25, 0.3) is 0 Å². The van der Waals surface area contributed by atoms with Crippen LogP contribution in [-0.2, 0) is 11.2 Å². The van der Waals surface area contributed by atoms with Crippen molar-refractivity contribution in [1.82, 2.24) is 10.3 Å². The number of nitrogens with zero attached hydrogens (tertiary/aromatic N) is 2. The van der Waals surface area contributed by atoms with Crippen molar-refractivity contribution in [3.8, 4) is 11.8 Å². The third-order valence-corrected chi connectivity index (χ3v) is 4.07. The first-order valence-corrected chi connectivity index (χ1v) is 7.87. The van der Waals surface area contributed by atoms with Crippen LogP contribution in [0.4, 0.5) is 0 Å². The van der Waals surface area contributed by atoms with Gasteiger partial charge in [-0.3, -0.25) is 4.79 Å². The highest BCUT2D eigenvalue weighted by atomic mass is 32.1. The molecular weight excluding hydrogens is 298 g/mol. The number of ether oxygens (including phenoxy) is 1. The molecule has 0 unspecified atom stereocenters. The number of rotatable bonds is 6. The molecular formula is C16H17N3O2S. The van der Waals surface area contributed by atoms with E-state index in [1.807, 2.05) is 25.3 Å². The summed E-state index contributed by atoms with van der Waals surface area (Å²) in [6.45, 7) is 3.80. The average Bonchev–Trinajstić information content (AvgIpc) is 3.02. The lowest BCUT2D eigenvalue weighted by Crippen LogP contribution is -2.31. The zero-order valence-corrected chi connectivity index (χ0v) is 13.3. The first-order chi connectivity index (χ1) is 10.6. The van der Waals surface area contributed by atoms with E-state index in [9.17, 15) is 4.79 Å². The highest BCUT2D eigenvalue weighted by Gasteiger charge is 2.13. The van der Waals surface area contributed by atoms with Gasteiger partial charge in [-0.2, -0.15) is 5.26 Å². The van der Waals surface area contributed by atoms with Gasteiger partial charge in [-0.1, -0.05) is 19.1 Å². The molecule has 2 aromatic rings. The second-order valence-electron chi connectivity index (χ2n) is 4.71. The van der Waals surface area contributed by atoms with Crippen molar-refractivity contribution in [2.45, 2.75) is 26.3 Å². The predicted octanol–water partition coefficient (Wildman–Crippen LogP) is 2.83. The van der Waals surface area contributed by atoms with Crippen LogP contribution in [0.1, 0.15) is 36.2 Å². The van der Waals surface area contributed by atoms with Gasteiger partial charge in [0.05, 0.1) is 22.3 Å². The van der Waals surface area contributed by atoms with Gasteiger partial charge in [0.15, 0.2) is 6.61 Å². The first kappa shape index (κ1) is 16.0. The summed E-state index contributed by atoms with van der Waals surface area (Å²) < 4.78 is 5.40. The quantitative estimate of drug-likeness (QED) is 0.889. The highest BCUT2D eigenvalue weighted by Crippen LogP contribution is 2.18. The van der Waals surface area contributed by atoms with E-state index >= 15 is 0 Å². The summed E-state index contributed by atoms with van der Waals surface area (Å²) in [4.78, 5) is 16.4. The number of nitrogens with one attached hydrogen (secondary N) is 1. The Hall–Kier alpha value is -2.39. The van der Waals surface area contributed by atoms with Crippen LogP contribution < -0.4 is 10.1 Å². The van der Waals surface area contributed by atoms with Gasteiger partial charge in [0.2, 0.25) is 0 Å². The zero-order chi connectivity index (χ0) is 15.9. The predicted molar refractivity (Wildman–Crippen MR) is 84.7 cm³/mol. The molecule has 1 aromatic carbocycles. The minimum absolute atomic E-state index is 0.131.